The van der Waals surface area contributed by atoms with Crippen molar-refractivity contribution in [3.8, 4) is 0 Å². The lowest BCUT2D eigenvalue weighted by Crippen LogP contribution is -2.56. The minimum atomic E-state index is -0.343. The molecule has 4 heteroatoms. The number of carbonyl (C=O) groups excluding carboxylic acids is 1. The molecule has 1 aliphatic rings. The zero-order chi connectivity index (χ0) is 17.9. The fraction of sp³-hybridized carbons (Fsp3) is 0.381. The van der Waals surface area contributed by atoms with Gasteiger partial charge in [0, 0.05) is 6.42 Å². The number of ether oxygens (including phenoxy) is 1. The van der Waals surface area contributed by atoms with Crippen LogP contribution in [0, 0.1) is 5.82 Å². The molecule has 0 spiro atoms. The van der Waals surface area contributed by atoms with Crippen LogP contribution in [-0.2, 0) is 16.0 Å². The standard InChI is InChI=1S/C21H24FNO2/c1-21(2)15-25-19(17-9-11-18(22)12-10-17)14-23(21)20(24)13-8-16-6-4-3-5-7-16/h3-7,9-12,19H,8,13-15H2,1-2H3. The average molecular weight is 341 g/mol. The molecule has 1 saturated heterocycles. The second-order valence-electron chi connectivity index (χ2n) is 7.15. The normalized spacial score (nSPS) is 19.6. The van der Waals surface area contributed by atoms with E-state index in [0.717, 1.165) is 17.5 Å². The lowest BCUT2D eigenvalue weighted by molar-refractivity contribution is -0.154. The largest absolute Gasteiger partial charge is 0.369 e. The highest BCUT2D eigenvalue weighted by atomic mass is 19.1. The summed E-state index contributed by atoms with van der Waals surface area (Å²) in [5.41, 5.74) is 1.72. The number of halogens is 1. The molecule has 0 aromatic heterocycles. The van der Waals surface area contributed by atoms with Crippen molar-refractivity contribution in [3.05, 3.63) is 71.5 Å². The molecule has 25 heavy (non-hydrogen) atoms. The topological polar surface area (TPSA) is 29.5 Å². The molecular weight excluding hydrogens is 317 g/mol. The number of hydrogen-bond acceptors (Lipinski definition) is 2. The maximum atomic E-state index is 13.1. The highest BCUT2D eigenvalue weighted by Crippen LogP contribution is 2.31. The Morgan fingerprint density at radius 3 is 2.52 bits per heavy atom. The Hall–Kier alpha value is -2.20. The number of nitrogens with zero attached hydrogens (tertiary/aromatic N) is 1. The van der Waals surface area contributed by atoms with E-state index in [0.29, 0.717) is 19.6 Å². The van der Waals surface area contributed by atoms with E-state index >= 15 is 0 Å². The van der Waals surface area contributed by atoms with Gasteiger partial charge in [0.2, 0.25) is 5.91 Å². The maximum absolute atomic E-state index is 13.1. The number of benzene rings is 2. The van der Waals surface area contributed by atoms with Crippen molar-refractivity contribution >= 4 is 5.91 Å². The molecule has 1 amide bonds. The lowest BCUT2D eigenvalue weighted by atomic mass is 9.97. The fourth-order valence-corrected chi connectivity index (χ4v) is 3.20. The smallest absolute Gasteiger partial charge is 0.223 e. The van der Waals surface area contributed by atoms with Crippen LogP contribution in [0.25, 0.3) is 0 Å². The van der Waals surface area contributed by atoms with Gasteiger partial charge >= 0.3 is 0 Å². The molecule has 0 radical (unpaired) electrons. The minimum absolute atomic E-state index is 0.129. The van der Waals surface area contributed by atoms with Crippen molar-refractivity contribution in [3.63, 3.8) is 0 Å². The first-order valence-corrected chi connectivity index (χ1v) is 8.67. The van der Waals surface area contributed by atoms with Gasteiger partial charge in [-0.25, -0.2) is 4.39 Å². The highest BCUT2D eigenvalue weighted by Gasteiger charge is 2.38. The zero-order valence-electron chi connectivity index (χ0n) is 14.7. The predicted octanol–water partition coefficient (Wildman–Crippen LogP) is 4.14. The number of aryl methyl sites for hydroxylation is 1. The van der Waals surface area contributed by atoms with Crippen LogP contribution in [0.4, 0.5) is 4.39 Å². The van der Waals surface area contributed by atoms with E-state index in [-0.39, 0.29) is 23.4 Å². The fourth-order valence-electron chi connectivity index (χ4n) is 3.20. The first-order valence-electron chi connectivity index (χ1n) is 8.67. The van der Waals surface area contributed by atoms with Crippen LogP contribution in [0.3, 0.4) is 0 Å². The molecule has 0 N–H and O–H groups in total. The van der Waals surface area contributed by atoms with Crippen molar-refractivity contribution in [1.82, 2.24) is 4.90 Å². The van der Waals surface area contributed by atoms with Gasteiger partial charge in [-0.15, -0.1) is 0 Å². The summed E-state index contributed by atoms with van der Waals surface area (Å²) in [7, 11) is 0. The van der Waals surface area contributed by atoms with Crippen LogP contribution in [0.5, 0.6) is 0 Å². The van der Waals surface area contributed by atoms with E-state index in [4.69, 9.17) is 4.74 Å². The number of morpholine rings is 1. The molecule has 1 fully saturated rings. The molecule has 1 aliphatic heterocycles. The summed E-state index contributed by atoms with van der Waals surface area (Å²) in [6, 6.07) is 16.4. The first kappa shape index (κ1) is 17.6. The van der Waals surface area contributed by atoms with Crippen LogP contribution in [0.2, 0.25) is 0 Å². The van der Waals surface area contributed by atoms with Crippen LogP contribution >= 0.6 is 0 Å². The molecule has 3 rings (SSSR count). The summed E-state index contributed by atoms with van der Waals surface area (Å²) in [5, 5.41) is 0. The first-order chi connectivity index (χ1) is 12.0. The zero-order valence-corrected chi connectivity index (χ0v) is 14.7. The van der Waals surface area contributed by atoms with E-state index in [9.17, 15) is 9.18 Å². The number of hydrogen-bond donors (Lipinski definition) is 0. The van der Waals surface area contributed by atoms with E-state index in [1.807, 2.05) is 49.1 Å². The minimum Gasteiger partial charge on any atom is -0.369 e. The van der Waals surface area contributed by atoms with Gasteiger partial charge in [-0.05, 0) is 43.5 Å². The van der Waals surface area contributed by atoms with Crippen molar-refractivity contribution < 1.29 is 13.9 Å². The SMILES string of the molecule is CC1(C)COC(c2ccc(F)cc2)CN1C(=O)CCc1ccccc1. The predicted molar refractivity (Wildman–Crippen MR) is 95.6 cm³/mol. The molecule has 132 valence electrons. The summed E-state index contributed by atoms with van der Waals surface area (Å²) in [4.78, 5) is 14.7. The molecule has 0 aliphatic carbocycles. The van der Waals surface area contributed by atoms with Gasteiger partial charge in [0.1, 0.15) is 11.9 Å². The Morgan fingerprint density at radius 2 is 1.84 bits per heavy atom. The van der Waals surface area contributed by atoms with E-state index in [1.54, 1.807) is 12.1 Å². The van der Waals surface area contributed by atoms with Crippen molar-refractivity contribution in [1.29, 1.82) is 0 Å². The Bertz CT molecular complexity index is 712. The summed E-state index contributed by atoms with van der Waals surface area (Å²) >= 11 is 0. The Labute approximate surface area is 148 Å². The highest BCUT2D eigenvalue weighted by molar-refractivity contribution is 5.77. The Balaban J connectivity index is 1.68. The van der Waals surface area contributed by atoms with Crippen LogP contribution in [-0.4, -0.2) is 29.5 Å². The monoisotopic (exact) mass is 341 g/mol. The summed E-state index contributed by atoms with van der Waals surface area (Å²) in [6.07, 6.45) is 0.993. The Kier molecular flexibility index (Phi) is 5.19. The van der Waals surface area contributed by atoms with Gasteiger partial charge in [0.05, 0.1) is 18.7 Å². The van der Waals surface area contributed by atoms with Gasteiger partial charge in [0.15, 0.2) is 0 Å². The molecule has 1 heterocycles. The molecular formula is C21H24FNO2. The molecule has 0 bridgehead atoms. The van der Waals surface area contributed by atoms with Gasteiger partial charge in [-0.2, -0.15) is 0 Å². The van der Waals surface area contributed by atoms with Gasteiger partial charge in [0.25, 0.3) is 0 Å². The third-order valence-electron chi connectivity index (χ3n) is 4.73. The molecule has 3 nitrogen and oxygen atoms in total. The number of amides is 1. The van der Waals surface area contributed by atoms with Crippen molar-refractivity contribution in [2.75, 3.05) is 13.2 Å². The van der Waals surface area contributed by atoms with E-state index in [1.165, 1.54) is 12.1 Å². The third-order valence-corrected chi connectivity index (χ3v) is 4.73. The van der Waals surface area contributed by atoms with E-state index < -0.39 is 0 Å². The van der Waals surface area contributed by atoms with Crippen LogP contribution in [0.1, 0.15) is 37.5 Å². The summed E-state index contributed by atoms with van der Waals surface area (Å²) in [5.74, 6) is -0.139. The number of carbonyl (C=O) groups is 1. The van der Waals surface area contributed by atoms with Crippen molar-refractivity contribution in [2.45, 2.75) is 38.3 Å². The summed E-state index contributed by atoms with van der Waals surface area (Å²) in [6.45, 7) is 5.00. The second-order valence-corrected chi connectivity index (χ2v) is 7.15. The second kappa shape index (κ2) is 7.36. The van der Waals surface area contributed by atoms with Gasteiger partial charge < -0.3 is 9.64 Å². The molecule has 1 atom stereocenters. The molecule has 1 unspecified atom stereocenters. The van der Waals surface area contributed by atoms with Crippen LogP contribution in [0.15, 0.2) is 54.6 Å². The third kappa shape index (κ3) is 4.26. The molecule has 0 saturated carbocycles. The molecule has 2 aromatic rings. The summed E-state index contributed by atoms with van der Waals surface area (Å²) < 4.78 is 19.1. The van der Waals surface area contributed by atoms with E-state index in [2.05, 4.69) is 0 Å². The number of rotatable bonds is 4. The van der Waals surface area contributed by atoms with Crippen molar-refractivity contribution in [2.24, 2.45) is 0 Å². The lowest BCUT2D eigenvalue weighted by Gasteiger charge is -2.45. The average Bonchev–Trinajstić information content (AvgIpc) is 2.61. The van der Waals surface area contributed by atoms with Gasteiger partial charge in [-0.1, -0.05) is 42.5 Å². The van der Waals surface area contributed by atoms with Crippen LogP contribution < -0.4 is 0 Å². The quantitative estimate of drug-likeness (QED) is 0.836. The van der Waals surface area contributed by atoms with Gasteiger partial charge in [-0.3, -0.25) is 4.79 Å². The molecule has 2 aromatic carbocycles. The Morgan fingerprint density at radius 1 is 1.16 bits per heavy atom. The maximum Gasteiger partial charge on any atom is 0.223 e.